The molecular formula is C15H30N2O3. The Morgan fingerprint density at radius 2 is 1.90 bits per heavy atom. The molecule has 0 aliphatic heterocycles. The second kappa shape index (κ2) is 7.27. The number of alkyl carbamates (subject to hydrolysis) is 1. The minimum absolute atomic E-state index is 0.185. The van der Waals surface area contributed by atoms with E-state index in [2.05, 4.69) is 24.5 Å². The van der Waals surface area contributed by atoms with Gasteiger partial charge in [-0.1, -0.05) is 13.8 Å². The summed E-state index contributed by atoms with van der Waals surface area (Å²) in [5.74, 6) is 0.509. The summed E-state index contributed by atoms with van der Waals surface area (Å²) >= 11 is 0. The van der Waals surface area contributed by atoms with Gasteiger partial charge in [-0.2, -0.15) is 0 Å². The van der Waals surface area contributed by atoms with Crippen molar-refractivity contribution in [2.45, 2.75) is 77.7 Å². The third kappa shape index (κ3) is 7.10. The topological polar surface area (TPSA) is 70.6 Å². The highest BCUT2D eigenvalue weighted by Crippen LogP contribution is 2.20. The van der Waals surface area contributed by atoms with E-state index in [0.29, 0.717) is 18.5 Å². The molecule has 0 aromatic heterocycles. The average Bonchev–Trinajstić information content (AvgIpc) is 2.17. The van der Waals surface area contributed by atoms with Crippen LogP contribution in [0.3, 0.4) is 0 Å². The van der Waals surface area contributed by atoms with Crippen LogP contribution in [0.4, 0.5) is 4.79 Å². The SMILES string of the molecule is CC(C)CC(O)CNC1CC(NC(=O)OC(C)(C)C)C1. The zero-order valence-corrected chi connectivity index (χ0v) is 13.4. The molecule has 0 aromatic carbocycles. The number of aliphatic hydroxyl groups excluding tert-OH is 1. The molecule has 0 spiro atoms. The van der Waals surface area contributed by atoms with Crippen LogP contribution in [-0.4, -0.2) is 41.5 Å². The molecule has 5 nitrogen and oxygen atoms in total. The number of carbonyl (C=O) groups is 1. The molecule has 1 aliphatic carbocycles. The molecule has 20 heavy (non-hydrogen) atoms. The number of ether oxygens (including phenoxy) is 1. The van der Waals surface area contributed by atoms with Crippen molar-refractivity contribution < 1.29 is 14.6 Å². The summed E-state index contributed by atoms with van der Waals surface area (Å²) < 4.78 is 5.21. The van der Waals surface area contributed by atoms with Crippen LogP contribution in [0, 0.1) is 5.92 Å². The highest BCUT2D eigenvalue weighted by molar-refractivity contribution is 5.68. The van der Waals surface area contributed by atoms with Crippen LogP contribution in [0.15, 0.2) is 0 Å². The summed E-state index contributed by atoms with van der Waals surface area (Å²) in [5.41, 5.74) is -0.452. The van der Waals surface area contributed by atoms with Gasteiger partial charge in [-0.25, -0.2) is 4.79 Å². The van der Waals surface area contributed by atoms with Crippen molar-refractivity contribution in [1.29, 1.82) is 0 Å². The Balaban J connectivity index is 2.09. The molecule has 1 unspecified atom stereocenters. The smallest absolute Gasteiger partial charge is 0.407 e. The maximum Gasteiger partial charge on any atom is 0.407 e. The zero-order valence-electron chi connectivity index (χ0n) is 13.4. The second-order valence-electron chi connectivity index (χ2n) is 7.20. The number of rotatable bonds is 6. The fourth-order valence-corrected chi connectivity index (χ4v) is 2.31. The summed E-state index contributed by atoms with van der Waals surface area (Å²) in [4.78, 5) is 11.6. The van der Waals surface area contributed by atoms with E-state index in [0.717, 1.165) is 19.3 Å². The third-order valence-electron chi connectivity index (χ3n) is 3.24. The molecule has 0 radical (unpaired) electrons. The summed E-state index contributed by atoms with van der Waals surface area (Å²) in [6.45, 7) is 10.4. The number of hydrogen-bond donors (Lipinski definition) is 3. The molecule has 0 bridgehead atoms. The maximum absolute atomic E-state index is 11.6. The Kier molecular flexibility index (Phi) is 6.27. The highest BCUT2D eigenvalue weighted by atomic mass is 16.6. The van der Waals surface area contributed by atoms with Gasteiger partial charge in [0.1, 0.15) is 5.60 Å². The van der Waals surface area contributed by atoms with E-state index in [9.17, 15) is 9.90 Å². The molecule has 1 rings (SSSR count). The number of amides is 1. The zero-order chi connectivity index (χ0) is 15.3. The van der Waals surface area contributed by atoms with Crippen molar-refractivity contribution in [3.8, 4) is 0 Å². The molecule has 1 atom stereocenters. The van der Waals surface area contributed by atoms with Gasteiger partial charge in [0.05, 0.1) is 6.10 Å². The van der Waals surface area contributed by atoms with Gasteiger partial charge in [-0.15, -0.1) is 0 Å². The minimum Gasteiger partial charge on any atom is -0.444 e. The molecule has 0 saturated heterocycles. The number of aliphatic hydroxyl groups is 1. The van der Waals surface area contributed by atoms with E-state index in [4.69, 9.17) is 4.74 Å². The molecule has 0 aromatic rings. The summed E-state index contributed by atoms with van der Waals surface area (Å²) in [5, 5.41) is 16.0. The lowest BCUT2D eigenvalue weighted by molar-refractivity contribution is 0.0459. The summed E-state index contributed by atoms with van der Waals surface area (Å²) in [7, 11) is 0. The van der Waals surface area contributed by atoms with E-state index in [1.165, 1.54) is 0 Å². The molecule has 1 fully saturated rings. The van der Waals surface area contributed by atoms with E-state index >= 15 is 0 Å². The van der Waals surface area contributed by atoms with Crippen LogP contribution in [0.2, 0.25) is 0 Å². The molecule has 1 amide bonds. The normalized spacial score (nSPS) is 24.1. The van der Waals surface area contributed by atoms with Gasteiger partial charge in [0, 0.05) is 18.6 Å². The predicted octanol–water partition coefficient (Wildman–Crippen LogP) is 2.04. The minimum atomic E-state index is -0.452. The van der Waals surface area contributed by atoms with Crippen LogP contribution in [0.25, 0.3) is 0 Å². The number of hydrogen-bond acceptors (Lipinski definition) is 4. The standard InChI is InChI=1S/C15H30N2O3/c1-10(2)6-13(18)9-16-11-7-12(8-11)17-14(19)20-15(3,4)5/h10-13,16,18H,6-9H2,1-5H3,(H,17,19). The van der Waals surface area contributed by atoms with Gasteiger partial charge >= 0.3 is 6.09 Å². The maximum atomic E-state index is 11.6. The molecule has 1 aliphatic rings. The molecule has 118 valence electrons. The van der Waals surface area contributed by atoms with Crippen LogP contribution in [0.5, 0.6) is 0 Å². The first-order valence-electron chi connectivity index (χ1n) is 7.56. The average molecular weight is 286 g/mol. The van der Waals surface area contributed by atoms with Crippen molar-refractivity contribution in [2.24, 2.45) is 5.92 Å². The number of carbonyl (C=O) groups excluding carboxylic acids is 1. The van der Waals surface area contributed by atoms with Crippen molar-refractivity contribution in [3.63, 3.8) is 0 Å². The van der Waals surface area contributed by atoms with Gasteiger partial charge < -0.3 is 20.5 Å². The first kappa shape index (κ1) is 17.2. The Morgan fingerprint density at radius 1 is 1.30 bits per heavy atom. The summed E-state index contributed by atoms with van der Waals surface area (Å²) in [6, 6.07) is 0.571. The van der Waals surface area contributed by atoms with Crippen LogP contribution in [-0.2, 0) is 4.74 Å². The van der Waals surface area contributed by atoms with Crippen molar-refractivity contribution in [2.75, 3.05) is 6.54 Å². The van der Waals surface area contributed by atoms with Gasteiger partial charge in [0.15, 0.2) is 0 Å². The lowest BCUT2D eigenvalue weighted by Gasteiger charge is -2.37. The fourth-order valence-electron chi connectivity index (χ4n) is 2.31. The second-order valence-corrected chi connectivity index (χ2v) is 7.20. The lowest BCUT2D eigenvalue weighted by Crippen LogP contribution is -2.54. The van der Waals surface area contributed by atoms with Crippen LogP contribution >= 0.6 is 0 Å². The Morgan fingerprint density at radius 3 is 2.40 bits per heavy atom. The van der Waals surface area contributed by atoms with E-state index in [1.54, 1.807) is 0 Å². The molecule has 0 heterocycles. The fraction of sp³-hybridized carbons (Fsp3) is 0.933. The highest BCUT2D eigenvalue weighted by Gasteiger charge is 2.31. The Bertz CT molecular complexity index is 307. The van der Waals surface area contributed by atoms with Crippen LogP contribution in [0.1, 0.15) is 53.9 Å². The molecular weight excluding hydrogens is 256 g/mol. The molecule has 3 N–H and O–H groups in total. The van der Waals surface area contributed by atoms with Crippen LogP contribution < -0.4 is 10.6 Å². The lowest BCUT2D eigenvalue weighted by atomic mass is 9.86. The third-order valence-corrected chi connectivity index (χ3v) is 3.24. The quantitative estimate of drug-likeness (QED) is 0.699. The monoisotopic (exact) mass is 286 g/mol. The van der Waals surface area contributed by atoms with Gasteiger partial charge in [-0.3, -0.25) is 0 Å². The summed E-state index contributed by atoms with van der Waals surface area (Å²) in [6.07, 6.45) is 1.98. The first-order chi connectivity index (χ1) is 9.15. The molecule has 1 saturated carbocycles. The van der Waals surface area contributed by atoms with Crippen molar-refractivity contribution in [3.05, 3.63) is 0 Å². The number of nitrogens with one attached hydrogen (secondary N) is 2. The largest absolute Gasteiger partial charge is 0.444 e. The van der Waals surface area contributed by atoms with Crippen molar-refractivity contribution in [1.82, 2.24) is 10.6 Å². The van der Waals surface area contributed by atoms with E-state index in [-0.39, 0.29) is 18.2 Å². The Hall–Kier alpha value is -0.810. The first-order valence-corrected chi connectivity index (χ1v) is 7.56. The van der Waals surface area contributed by atoms with Gasteiger partial charge in [0.2, 0.25) is 0 Å². The predicted molar refractivity (Wildman–Crippen MR) is 79.6 cm³/mol. The van der Waals surface area contributed by atoms with Gasteiger partial charge in [-0.05, 0) is 46.0 Å². The van der Waals surface area contributed by atoms with E-state index < -0.39 is 5.60 Å². The molecule has 5 heteroatoms. The Labute approximate surface area is 122 Å². The van der Waals surface area contributed by atoms with Gasteiger partial charge in [0.25, 0.3) is 0 Å². The van der Waals surface area contributed by atoms with Crippen molar-refractivity contribution >= 4 is 6.09 Å². The van der Waals surface area contributed by atoms with E-state index in [1.807, 2.05) is 20.8 Å².